The van der Waals surface area contributed by atoms with Gasteiger partial charge in [0.2, 0.25) is 5.56 Å². The van der Waals surface area contributed by atoms with E-state index < -0.39 is 0 Å². The lowest BCUT2D eigenvalue weighted by atomic mass is 9.95. The number of carbonyl (C=O) groups is 1. The Morgan fingerprint density at radius 2 is 2.29 bits per heavy atom. The lowest BCUT2D eigenvalue weighted by molar-refractivity contribution is 0.0840. The third-order valence-corrected chi connectivity index (χ3v) is 3.47. The molecule has 2 fully saturated rings. The fourth-order valence-corrected chi connectivity index (χ4v) is 2.59. The van der Waals surface area contributed by atoms with Gasteiger partial charge in [0, 0.05) is 12.3 Å². The number of carbonyl (C=O) groups excluding carboxylic acids is 1. The first-order valence-electron chi connectivity index (χ1n) is 5.87. The summed E-state index contributed by atoms with van der Waals surface area (Å²) in [4.78, 5) is 25.3. The van der Waals surface area contributed by atoms with Crippen molar-refractivity contribution in [2.45, 2.75) is 37.5 Å². The summed E-state index contributed by atoms with van der Waals surface area (Å²) in [6.45, 7) is 0. The highest BCUT2D eigenvalue weighted by Gasteiger charge is 2.41. The summed E-state index contributed by atoms with van der Waals surface area (Å²) >= 11 is 0. The number of aromatic nitrogens is 1. The van der Waals surface area contributed by atoms with E-state index in [0.717, 1.165) is 19.3 Å². The third-order valence-electron chi connectivity index (χ3n) is 3.47. The van der Waals surface area contributed by atoms with Gasteiger partial charge >= 0.3 is 0 Å². The van der Waals surface area contributed by atoms with Gasteiger partial charge in [-0.3, -0.25) is 9.59 Å². The van der Waals surface area contributed by atoms with Crippen molar-refractivity contribution < 1.29 is 9.53 Å². The maximum Gasteiger partial charge on any atom is 0.253 e. The van der Waals surface area contributed by atoms with Crippen molar-refractivity contribution in [2.75, 3.05) is 0 Å². The van der Waals surface area contributed by atoms with E-state index in [1.54, 1.807) is 0 Å². The maximum atomic E-state index is 11.9. The van der Waals surface area contributed by atoms with Crippen LogP contribution in [-0.4, -0.2) is 29.1 Å². The van der Waals surface area contributed by atoms with E-state index in [9.17, 15) is 9.59 Å². The molecule has 0 radical (unpaired) electrons. The second kappa shape index (κ2) is 4.00. The summed E-state index contributed by atoms with van der Waals surface area (Å²) in [6, 6.07) is 3.00. The van der Waals surface area contributed by atoms with Gasteiger partial charge in [0.05, 0.1) is 23.8 Å². The van der Waals surface area contributed by atoms with Crippen molar-refractivity contribution in [2.24, 2.45) is 0 Å². The number of fused-ring (bicyclic) bond motifs is 2. The number of rotatable bonds is 2. The molecule has 3 atom stereocenters. The van der Waals surface area contributed by atoms with Crippen molar-refractivity contribution >= 4 is 5.91 Å². The number of hydrogen-bond acceptors (Lipinski definition) is 3. The summed E-state index contributed by atoms with van der Waals surface area (Å²) in [7, 11) is 0. The van der Waals surface area contributed by atoms with Crippen molar-refractivity contribution in [1.29, 1.82) is 0 Å². The van der Waals surface area contributed by atoms with Crippen LogP contribution in [-0.2, 0) is 4.74 Å². The molecule has 17 heavy (non-hydrogen) atoms. The monoisotopic (exact) mass is 234 g/mol. The molecule has 2 bridgehead atoms. The van der Waals surface area contributed by atoms with Crippen LogP contribution in [0.1, 0.15) is 29.6 Å². The van der Waals surface area contributed by atoms with Gasteiger partial charge in [0.1, 0.15) is 0 Å². The second-order valence-electron chi connectivity index (χ2n) is 4.63. The number of pyridine rings is 1. The molecular formula is C12H14N2O3. The number of hydrogen-bond donors (Lipinski definition) is 2. The number of nitrogens with one attached hydrogen (secondary N) is 2. The molecule has 0 spiro atoms. The molecule has 5 nitrogen and oxygen atoms in total. The van der Waals surface area contributed by atoms with Crippen LogP contribution in [0.25, 0.3) is 0 Å². The molecule has 90 valence electrons. The predicted molar refractivity (Wildman–Crippen MR) is 60.8 cm³/mol. The highest BCUT2D eigenvalue weighted by molar-refractivity contribution is 5.94. The molecule has 2 N–H and O–H groups in total. The molecule has 2 saturated heterocycles. The number of H-pyrrole nitrogens is 1. The number of ether oxygens (including phenoxy) is 1. The van der Waals surface area contributed by atoms with E-state index in [0.29, 0.717) is 11.7 Å². The van der Waals surface area contributed by atoms with Crippen LogP contribution in [0.4, 0.5) is 0 Å². The average molecular weight is 234 g/mol. The predicted octanol–water partition coefficient (Wildman–Crippen LogP) is 0.425. The van der Waals surface area contributed by atoms with E-state index in [1.165, 1.54) is 18.3 Å². The molecule has 3 heterocycles. The van der Waals surface area contributed by atoms with E-state index in [-0.39, 0.29) is 23.6 Å². The van der Waals surface area contributed by atoms with Gasteiger partial charge < -0.3 is 15.0 Å². The fourth-order valence-electron chi connectivity index (χ4n) is 2.59. The maximum absolute atomic E-state index is 11.9. The SMILES string of the molecule is O=C(NC1CC2CCC1O2)c1ccc(=O)[nH]c1. The Hall–Kier alpha value is -1.62. The molecule has 0 saturated carbocycles. The highest BCUT2D eigenvalue weighted by atomic mass is 16.5. The van der Waals surface area contributed by atoms with Crippen molar-refractivity contribution in [1.82, 2.24) is 10.3 Å². The Balaban J connectivity index is 1.67. The zero-order chi connectivity index (χ0) is 11.8. The minimum Gasteiger partial charge on any atom is -0.373 e. The van der Waals surface area contributed by atoms with Gasteiger partial charge in [-0.2, -0.15) is 0 Å². The van der Waals surface area contributed by atoms with Crippen LogP contribution in [0, 0.1) is 0 Å². The molecule has 5 heteroatoms. The molecule has 3 unspecified atom stereocenters. The van der Waals surface area contributed by atoms with Gasteiger partial charge in [-0.05, 0) is 25.3 Å². The molecule has 2 aliphatic heterocycles. The average Bonchev–Trinajstić information content (AvgIpc) is 2.91. The minimum atomic E-state index is -0.204. The largest absolute Gasteiger partial charge is 0.373 e. The lowest BCUT2D eigenvalue weighted by Gasteiger charge is -2.19. The summed E-state index contributed by atoms with van der Waals surface area (Å²) in [6.07, 6.45) is 4.97. The van der Waals surface area contributed by atoms with Gasteiger partial charge in [0.25, 0.3) is 5.91 Å². The molecule has 0 aliphatic carbocycles. The summed E-state index contributed by atoms with van der Waals surface area (Å²) in [5, 5.41) is 2.96. The molecule has 1 aromatic heterocycles. The molecule has 1 amide bonds. The fraction of sp³-hybridized carbons (Fsp3) is 0.500. The van der Waals surface area contributed by atoms with Crippen LogP contribution < -0.4 is 10.9 Å². The van der Waals surface area contributed by atoms with Crippen LogP contribution in [0.2, 0.25) is 0 Å². The van der Waals surface area contributed by atoms with E-state index in [1.807, 2.05) is 0 Å². The topological polar surface area (TPSA) is 71.2 Å². The number of aromatic amines is 1. The third kappa shape index (κ3) is 1.98. The second-order valence-corrected chi connectivity index (χ2v) is 4.63. The first kappa shape index (κ1) is 10.5. The van der Waals surface area contributed by atoms with Crippen LogP contribution in [0.5, 0.6) is 0 Å². The Labute approximate surface area is 98.2 Å². The first-order chi connectivity index (χ1) is 8.22. The summed E-state index contributed by atoms with van der Waals surface area (Å²) in [5.74, 6) is -0.151. The zero-order valence-electron chi connectivity index (χ0n) is 9.31. The van der Waals surface area contributed by atoms with Gasteiger partial charge in [0.15, 0.2) is 0 Å². The van der Waals surface area contributed by atoms with Crippen LogP contribution in [0.3, 0.4) is 0 Å². The Kier molecular flexibility index (Phi) is 2.48. The van der Waals surface area contributed by atoms with E-state index >= 15 is 0 Å². The zero-order valence-corrected chi connectivity index (χ0v) is 9.31. The van der Waals surface area contributed by atoms with Gasteiger partial charge in [-0.15, -0.1) is 0 Å². The van der Waals surface area contributed by atoms with E-state index in [2.05, 4.69) is 10.3 Å². The Morgan fingerprint density at radius 1 is 1.41 bits per heavy atom. The van der Waals surface area contributed by atoms with Crippen molar-refractivity contribution in [3.63, 3.8) is 0 Å². The Bertz CT molecular complexity index is 476. The van der Waals surface area contributed by atoms with Gasteiger partial charge in [-0.25, -0.2) is 0 Å². The molecule has 3 rings (SSSR count). The minimum absolute atomic E-state index is 0.119. The van der Waals surface area contributed by atoms with Crippen molar-refractivity contribution in [3.8, 4) is 0 Å². The van der Waals surface area contributed by atoms with Gasteiger partial charge in [-0.1, -0.05) is 0 Å². The number of amides is 1. The van der Waals surface area contributed by atoms with Crippen LogP contribution in [0.15, 0.2) is 23.1 Å². The standard InChI is InChI=1S/C12H14N2O3/c15-11-4-1-7(6-13-11)12(16)14-9-5-8-2-3-10(9)17-8/h1,4,6,8-10H,2-3,5H2,(H,13,15)(H,14,16). The molecule has 1 aromatic rings. The van der Waals surface area contributed by atoms with Crippen LogP contribution >= 0.6 is 0 Å². The van der Waals surface area contributed by atoms with E-state index in [4.69, 9.17) is 4.74 Å². The highest BCUT2D eigenvalue weighted by Crippen LogP contribution is 2.34. The van der Waals surface area contributed by atoms with Crippen molar-refractivity contribution in [3.05, 3.63) is 34.2 Å². The summed E-state index contributed by atoms with van der Waals surface area (Å²) in [5.41, 5.74) is 0.275. The molecule has 2 aliphatic rings. The summed E-state index contributed by atoms with van der Waals surface area (Å²) < 4.78 is 5.67. The molecule has 0 aromatic carbocycles. The smallest absolute Gasteiger partial charge is 0.253 e. The normalized spacial score (nSPS) is 30.5. The lowest BCUT2D eigenvalue weighted by Crippen LogP contribution is -2.41. The quantitative estimate of drug-likeness (QED) is 0.779. The molecular weight excluding hydrogens is 220 g/mol. The Morgan fingerprint density at radius 3 is 2.88 bits per heavy atom. The first-order valence-corrected chi connectivity index (χ1v) is 5.87.